The molecule has 0 aliphatic rings. The Morgan fingerprint density at radius 3 is 2.52 bits per heavy atom. The number of ether oxygens (including phenoxy) is 1. The number of carbonyl (C=O) groups excluding carboxylic acids is 1. The van der Waals surface area contributed by atoms with E-state index in [-0.39, 0.29) is 12.5 Å². The second-order valence-corrected chi connectivity index (χ2v) is 4.72. The lowest BCUT2D eigenvalue weighted by molar-refractivity contribution is -0.135. The van der Waals surface area contributed by atoms with Crippen LogP contribution in [0.25, 0.3) is 6.08 Å². The number of rotatable bonds is 8. The van der Waals surface area contributed by atoms with Crippen LogP contribution in [0.2, 0.25) is 0 Å². The van der Waals surface area contributed by atoms with Gasteiger partial charge in [0.05, 0.1) is 0 Å². The van der Waals surface area contributed by atoms with Crippen molar-refractivity contribution in [3.8, 4) is 0 Å². The van der Waals surface area contributed by atoms with Crippen molar-refractivity contribution in [2.75, 3.05) is 20.3 Å². The fourth-order valence-corrected chi connectivity index (χ4v) is 1.68. The maximum atomic E-state index is 11.8. The third-order valence-electron chi connectivity index (χ3n) is 2.82. The van der Waals surface area contributed by atoms with Crippen molar-refractivity contribution in [2.24, 2.45) is 0 Å². The van der Waals surface area contributed by atoms with Crippen molar-refractivity contribution in [3.05, 3.63) is 41.5 Å². The molecule has 0 aliphatic heterocycles. The number of carbonyl (C=O) groups is 2. The van der Waals surface area contributed by atoms with Crippen LogP contribution in [0.3, 0.4) is 0 Å². The highest BCUT2D eigenvalue weighted by Gasteiger charge is 2.09. The molecule has 5 nitrogen and oxygen atoms in total. The van der Waals surface area contributed by atoms with Gasteiger partial charge in [-0.05, 0) is 23.6 Å². The molecule has 0 saturated carbocycles. The van der Waals surface area contributed by atoms with E-state index < -0.39 is 5.97 Å². The number of amides is 1. The van der Waals surface area contributed by atoms with E-state index in [0.717, 1.165) is 23.6 Å². The van der Waals surface area contributed by atoms with Gasteiger partial charge in [-0.1, -0.05) is 31.2 Å². The van der Waals surface area contributed by atoms with E-state index in [1.54, 1.807) is 11.9 Å². The average molecular weight is 291 g/mol. The van der Waals surface area contributed by atoms with Gasteiger partial charge in [-0.15, -0.1) is 0 Å². The highest BCUT2D eigenvalue weighted by atomic mass is 16.5. The summed E-state index contributed by atoms with van der Waals surface area (Å²) in [5.74, 6) is -1.03. The molecule has 1 rings (SSSR count). The minimum Gasteiger partial charge on any atom is -0.478 e. The summed E-state index contributed by atoms with van der Waals surface area (Å²) in [4.78, 5) is 23.8. The van der Waals surface area contributed by atoms with Crippen LogP contribution in [-0.2, 0) is 20.9 Å². The molecule has 114 valence electrons. The van der Waals surface area contributed by atoms with E-state index in [0.29, 0.717) is 13.2 Å². The van der Waals surface area contributed by atoms with Gasteiger partial charge in [0.25, 0.3) is 0 Å². The van der Waals surface area contributed by atoms with Crippen LogP contribution in [0, 0.1) is 0 Å². The normalized spacial score (nSPS) is 10.8. The minimum atomic E-state index is -0.975. The Hall–Kier alpha value is -2.14. The highest BCUT2D eigenvalue weighted by molar-refractivity contribution is 5.85. The Bertz CT molecular complexity index is 494. The van der Waals surface area contributed by atoms with E-state index in [4.69, 9.17) is 9.84 Å². The molecule has 1 amide bonds. The van der Waals surface area contributed by atoms with Crippen LogP contribution in [-0.4, -0.2) is 42.1 Å². The first-order valence-electron chi connectivity index (χ1n) is 6.84. The molecule has 0 atom stereocenters. The quantitative estimate of drug-likeness (QED) is 0.589. The van der Waals surface area contributed by atoms with Crippen LogP contribution in [0.4, 0.5) is 0 Å². The van der Waals surface area contributed by atoms with Gasteiger partial charge >= 0.3 is 5.97 Å². The molecule has 0 heterocycles. The molecule has 0 bridgehead atoms. The summed E-state index contributed by atoms with van der Waals surface area (Å²) in [6.07, 6.45) is 3.51. The Morgan fingerprint density at radius 2 is 1.95 bits per heavy atom. The zero-order chi connectivity index (χ0) is 15.7. The number of nitrogens with zero attached hydrogens (tertiary/aromatic N) is 1. The molecule has 5 heteroatoms. The molecular formula is C16H21NO4. The van der Waals surface area contributed by atoms with Gasteiger partial charge in [-0.3, -0.25) is 4.79 Å². The number of carboxylic acids is 1. The van der Waals surface area contributed by atoms with E-state index in [2.05, 4.69) is 0 Å². The third kappa shape index (κ3) is 6.72. The zero-order valence-electron chi connectivity index (χ0n) is 12.4. The van der Waals surface area contributed by atoms with Gasteiger partial charge in [0.1, 0.15) is 6.61 Å². The van der Waals surface area contributed by atoms with Crippen LogP contribution < -0.4 is 0 Å². The maximum absolute atomic E-state index is 11.8. The first kappa shape index (κ1) is 16.9. The molecule has 0 spiro atoms. The molecule has 0 saturated heterocycles. The molecule has 0 aliphatic carbocycles. The van der Waals surface area contributed by atoms with E-state index in [1.165, 1.54) is 6.08 Å². The van der Waals surface area contributed by atoms with Gasteiger partial charge in [0.2, 0.25) is 5.91 Å². The van der Waals surface area contributed by atoms with Gasteiger partial charge in [0.15, 0.2) is 0 Å². The molecule has 0 fully saturated rings. The average Bonchev–Trinajstić information content (AvgIpc) is 2.46. The summed E-state index contributed by atoms with van der Waals surface area (Å²) in [6.45, 7) is 3.18. The van der Waals surface area contributed by atoms with Crippen LogP contribution in [0.1, 0.15) is 24.5 Å². The number of carboxylic acid groups (broad SMARTS) is 1. The number of hydrogen-bond acceptors (Lipinski definition) is 3. The van der Waals surface area contributed by atoms with Crippen molar-refractivity contribution in [3.63, 3.8) is 0 Å². The van der Waals surface area contributed by atoms with Crippen LogP contribution >= 0.6 is 0 Å². The third-order valence-corrected chi connectivity index (χ3v) is 2.82. The summed E-state index contributed by atoms with van der Waals surface area (Å²) in [5, 5.41) is 8.56. The standard InChI is InChI=1S/C16H21NO4/c1-3-10-21-12-15(18)17(2)11-14-6-4-13(5-7-14)8-9-16(19)20/h4-9H,3,10-12H2,1-2H3,(H,19,20)/b9-8+. The van der Waals surface area contributed by atoms with Gasteiger partial charge < -0.3 is 14.7 Å². The van der Waals surface area contributed by atoms with E-state index >= 15 is 0 Å². The Balaban J connectivity index is 2.51. The molecule has 21 heavy (non-hydrogen) atoms. The second-order valence-electron chi connectivity index (χ2n) is 4.72. The van der Waals surface area contributed by atoms with E-state index in [1.807, 2.05) is 31.2 Å². The molecule has 1 aromatic carbocycles. The fourth-order valence-electron chi connectivity index (χ4n) is 1.68. The van der Waals surface area contributed by atoms with Crippen molar-refractivity contribution >= 4 is 18.0 Å². The smallest absolute Gasteiger partial charge is 0.328 e. The topological polar surface area (TPSA) is 66.8 Å². The van der Waals surface area contributed by atoms with Crippen LogP contribution in [0.5, 0.6) is 0 Å². The minimum absolute atomic E-state index is 0.0571. The van der Waals surface area contributed by atoms with Crippen LogP contribution in [0.15, 0.2) is 30.3 Å². The lowest BCUT2D eigenvalue weighted by atomic mass is 10.1. The monoisotopic (exact) mass is 291 g/mol. The summed E-state index contributed by atoms with van der Waals surface area (Å²) in [7, 11) is 1.73. The molecule has 0 aromatic heterocycles. The van der Waals surface area contributed by atoms with Gasteiger partial charge in [0, 0.05) is 26.3 Å². The summed E-state index contributed by atoms with van der Waals surface area (Å²) >= 11 is 0. The molecule has 1 aromatic rings. The number of benzene rings is 1. The van der Waals surface area contributed by atoms with Crippen molar-refractivity contribution in [1.82, 2.24) is 4.90 Å². The maximum Gasteiger partial charge on any atom is 0.328 e. The lowest BCUT2D eigenvalue weighted by Gasteiger charge is -2.17. The first-order valence-corrected chi connectivity index (χ1v) is 6.84. The van der Waals surface area contributed by atoms with E-state index in [9.17, 15) is 9.59 Å². The highest BCUT2D eigenvalue weighted by Crippen LogP contribution is 2.08. The predicted molar refractivity (Wildman–Crippen MR) is 80.7 cm³/mol. The zero-order valence-corrected chi connectivity index (χ0v) is 12.4. The van der Waals surface area contributed by atoms with Crippen molar-refractivity contribution in [2.45, 2.75) is 19.9 Å². The Morgan fingerprint density at radius 1 is 1.29 bits per heavy atom. The first-order chi connectivity index (χ1) is 10.0. The predicted octanol–water partition coefficient (Wildman–Crippen LogP) is 2.17. The number of hydrogen-bond donors (Lipinski definition) is 1. The number of aliphatic carboxylic acids is 1. The summed E-state index contributed by atoms with van der Waals surface area (Å²) < 4.78 is 5.22. The summed E-state index contributed by atoms with van der Waals surface area (Å²) in [5.41, 5.74) is 1.79. The fraction of sp³-hybridized carbons (Fsp3) is 0.375. The lowest BCUT2D eigenvalue weighted by Crippen LogP contribution is -2.29. The molecule has 0 radical (unpaired) electrons. The second kappa shape index (κ2) is 8.92. The SMILES string of the molecule is CCCOCC(=O)N(C)Cc1ccc(/C=C/C(=O)O)cc1. The van der Waals surface area contributed by atoms with Gasteiger partial charge in [-0.2, -0.15) is 0 Å². The molecule has 1 N–H and O–H groups in total. The molecule has 0 unspecified atom stereocenters. The van der Waals surface area contributed by atoms with Crippen molar-refractivity contribution in [1.29, 1.82) is 0 Å². The Labute approximate surface area is 124 Å². The van der Waals surface area contributed by atoms with Gasteiger partial charge in [-0.25, -0.2) is 4.79 Å². The molecular weight excluding hydrogens is 270 g/mol. The summed E-state index contributed by atoms with van der Waals surface area (Å²) in [6, 6.07) is 7.39. The van der Waals surface area contributed by atoms with Crippen molar-refractivity contribution < 1.29 is 19.4 Å². The number of likely N-dealkylation sites (N-methyl/N-ethyl adjacent to an activating group) is 1. The largest absolute Gasteiger partial charge is 0.478 e. The Kier molecular flexibility index (Phi) is 7.18.